The van der Waals surface area contributed by atoms with Crippen molar-refractivity contribution >= 4 is 57.6 Å². The summed E-state index contributed by atoms with van der Waals surface area (Å²) in [4.78, 5) is 33.7. The minimum atomic E-state index is -1.21. The molecule has 10 N–H and O–H groups in total. The molecule has 0 aromatic carbocycles. The largest absolute Gasteiger partial charge is 0.388 e. The van der Waals surface area contributed by atoms with Crippen molar-refractivity contribution in [2.24, 2.45) is 0 Å². The van der Waals surface area contributed by atoms with Crippen LogP contribution in [0.15, 0.2) is 72.1 Å². The monoisotopic (exact) mass is 968 g/mol. The van der Waals surface area contributed by atoms with Gasteiger partial charge in [-0.1, -0.05) is 19.7 Å². The Morgan fingerprint density at radius 1 is 0.646 bits per heavy atom. The molecule has 7 rings (SSSR count). The van der Waals surface area contributed by atoms with Crippen molar-refractivity contribution in [3.05, 3.63) is 72.1 Å². The predicted molar refractivity (Wildman–Crippen MR) is 262 cm³/mol. The standard InChI is InChI=1S/C15H23N2O4P.C15H25N2O4P.C14H23N2O4P/c1-9-10(7-16-14(19)17-9)11-12-13(18)15(21-11,8-20-12)5-6-22(2,3)4;1-9-10(8-16-15(19)17-9)13-14(20-2)12(18)11(21-13)6-7-22(3,4)5;1-8-9(7-15-14(19)16-8)13-12(18)11(17)10(20-13)5-6-21(2,3)4/h7,11-13,18H,1-2,5-6,8H2,3-4H3,(H2,16,17,19);8,11-14,18H,1,3,6-7H2,2,4-5H3,(H2,16,17,19);7,10-13,17-18H,1-2,5-6H2,3-4H3,(H2,15,16,19)/t11-,12-,13-,15-;11-,12-,13+,14-;10-,11-,12-,13+/m011/s1. The fraction of sp³-hybridized carbons (Fsp3) is 0.591. The zero-order valence-corrected chi connectivity index (χ0v) is 41.4. The zero-order chi connectivity index (χ0) is 48.4. The quantitative estimate of drug-likeness (QED) is 0.119. The van der Waals surface area contributed by atoms with Crippen molar-refractivity contribution in [3.8, 4) is 0 Å². The van der Waals surface area contributed by atoms with E-state index in [1.54, 1.807) is 19.5 Å². The Hall–Kier alpha value is -3.21. The van der Waals surface area contributed by atoms with E-state index in [-0.39, 0.29) is 24.2 Å². The normalized spacial score (nSPS) is 34.6. The second kappa shape index (κ2) is 21.0. The third-order valence-electron chi connectivity index (χ3n) is 12.0. The van der Waals surface area contributed by atoms with Crippen molar-refractivity contribution in [2.75, 3.05) is 72.2 Å². The fourth-order valence-corrected chi connectivity index (χ4v) is 11.2. The van der Waals surface area contributed by atoms with Gasteiger partial charge >= 0.3 is 18.1 Å². The summed E-state index contributed by atoms with van der Waals surface area (Å²) >= 11 is 0. The molecule has 7 heterocycles. The molecular weight excluding hydrogens is 897 g/mol. The third-order valence-corrected chi connectivity index (χ3v) is 16.4. The van der Waals surface area contributed by atoms with Crippen LogP contribution in [0.5, 0.6) is 0 Å². The van der Waals surface area contributed by atoms with E-state index in [1.807, 2.05) is 0 Å². The van der Waals surface area contributed by atoms with Crippen LogP contribution in [0, 0.1) is 0 Å². The van der Waals surface area contributed by atoms with E-state index in [2.05, 4.69) is 111 Å². The highest BCUT2D eigenvalue weighted by Crippen LogP contribution is 2.49. The van der Waals surface area contributed by atoms with Crippen LogP contribution in [0.3, 0.4) is 0 Å². The number of urea groups is 3. The average molecular weight is 969 g/mol. The van der Waals surface area contributed by atoms with Gasteiger partial charge < -0.3 is 76.0 Å². The lowest BCUT2D eigenvalue weighted by Crippen LogP contribution is -2.44. The highest BCUT2D eigenvalue weighted by Gasteiger charge is 2.61. The minimum Gasteiger partial charge on any atom is -0.388 e. The number of amides is 6. The highest BCUT2D eigenvalue weighted by molar-refractivity contribution is 7.72. The molecule has 364 valence electrons. The Bertz CT molecular complexity index is 2080. The molecule has 65 heavy (non-hydrogen) atoms. The summed E-state index contributed by atoms with van der Waals surface area (Å²) in [6, 6.07) is -1.03. The molecule has 0 aromatic heterocycles. The maximum Gasteiger partial charge on any atom is 0.323 e. The molecular formula is C44H71N6O12P3. The first kappa shape index (κ1) is 52.8. The summed E-state index contributed by atoms with van der Waals surface area (Å²) in [6.07, 6.45) is 15.4. The van der Waals surface area contributed by atoms with E-state index in [0.717, 1.165) is 31.3 Å². The molecule has 18 nitrogen and oxygen atoms in total. The zero-order valence-electron chi connectivity index (χ0n) is 38.7. The van der Waals surface area contributed by atoms with E-state index in [0.29, 0.717) is 46.8 Å². The molecule has 0 aliphatic carbocycles. The van der Waals surface area contributed by atoms with Crippen LogP contribution in [0.4, 0.5) is 14.4 Å². The van der Waals surface area contributed by atoms with E-state index in [1.165, 1.54) is 6.20 Å². The summed E-state index contributed by atoms with van der Waals surface area (Å²) in [7, 11) is 1.54. The first-order valence-electron chi connectivity index (χ1n) is 21.4. The van der Waals surface area contributed by atoms with Gasteiger partial charge in [0.25, 0.3) is 0 Å². The lowest BCUT2D eigenvalue weighted by atomic mass is 9.94. The number of carbonyl (C=O) groups excluding carboxylic acids is 3. The predicted octanol–water partition coefficient (Wildman–Crippen LogP) is 1.92. The number of ether oxygens (including phenoxy) is 5. The number of hydrogen-bond acceptors (Lipinski definition) is 12. The van der Waals surface area contributed by atoms with Crippen LogP contribution in [0.2, 0.25) is 0 Å². The number of hydrogen-bond donors (Lipinski definition) is 10. The second-order valence-electron chi connectivity index (χ2n) is 19.5. The number of fused-ring (bicyclic) bond motifs is 2. The molecule has 7 aliphatic heterocycles. The van der Waals surface area contributed by atoms with Crippen LogP contribution >= 0.6 is 20.7 Å². The molecule has 0 spiro atoms. The number of nitrogens with one attached hydrogen (secondary N) is 6. The van der Waals surface area contributed by atoms with Crippen LogP contribution in [0.25, 0.3) is 0 Å². The minimum absolute atomic E-state index is 0.303. The topological polar surface area (TPSA) is 250 Å². The van der Waals surface area contributed by atoms with Crippen molar-refractivity contribution in [1.29, 1.82) is 0 Å². The number of aliphatic hydroxyl groups is 4. The molecule has 7 aliphatic rings. The average Bonchev–Trinajstić information content (AvgIpc) is 3.87. The number of rotatable bonds is 13. The van der Waals surface area contributed by atoms with Gasteiger partial charge in [0.2, 0.25) is 0 Å². The fourth-order valence-electron chi connectivity index (χ4n) is 8.28. The SMILES string of the molecule is C=C1NC(=O)NC=C1[C@@H]1O[C@@]2(CCP(=C)(C)C)CO[C@@H]1[C@@H]2O.C=C1NC(=O)NC=C1[C@@H]1O[C@H](CCP(=C)(C)C)[C@@H](O)[C@H]1O.C=C1NC(=O)NC=C1[C@@H]1O[C@H](CCP(=C)(C)C)[C@@H](O)[C@H]1OC. The lowest BCUT2D eigenvalue weighted by molar-refractivity contribution is -0.132. The third kappa shape index (κ3) is 13.3. The lowest BCUT2D eigenvalue weighted by Gasteiger charge is -2.34. The molecule has 4 saturated heterocycles. The van der Waals surface area contributed by atoms with Gasteiger partial charge in [-0.3, -0.25) is 0 Å². The van der Waals surface area contributed by atoms with E-state index >= 15 is 0 Å². The summed E-state index contributed by atoms with van der Waals surface area (Å²) in [5.41, 5.74) is 2.61. The van der Waals surface area contributed by atoms with Gasteiger partial charge in [0, 0.05) is 59.5 Å². The Balaban J connectivity index is 0.000000183. The Kier molecular flexibility index (Phi) is 17.0. The van der Waals surface area contributed by atoms with Crippen LogP contribution in [-0.2, 0) is 23.7 Å². The van der Waals surface area contributed by atoms with E-state index in [9.17, 15) is 34.8 Å². The molecule has 12 atom stereocenters. The van der Waals surface area contributed by atoms with Crippen molar-refractivity contribution in [3.63, 3.8) is 0 Å². The second-order valence-corrected chi connectivity index (χ2v) is 32.5. The van der Waals surface area contributed by atoms with Gasteiger partial charge in [-0.25, -0.2) is 14.4 Å². The highest BCUT2D eigenvalue weighted by atomic mass is 31.2. The summed E-state index contributed by atoms with van der Waals surface area (Å²) < 4.78 is 29.2. The van der Waals surface area contributed by atoms with Gasteiger partial charge in [0.05, 0.1) is 18.8 Å². The van der Waals surface area contributed by atoms with Gasteiger partial charge in [-0.2, -0.15) is 0 Å². The molecule has 6 amide bonds. The van der Waals surface area contributed by atoms with Gasteiger partial charge in [-0.05, 0) is 77.7 Å². The van der Waals surface area contributed by atoms with Crippen molar-refractivity contribution < 1.29 is 58.5 Å². The summed E-state index contributed by atoms with van der Waals surface area (Å²) in [5.74, 6) is 0. The molecule has 0 saturated carbocycles. The Morgan fingerprint density at radius 3 is 1.49 bits per heavy atom. The van der Waals surface area contributed by atoms with Gasteiger partial charge in [0.1, 0.15) is 60.5 Å². The van der Waals surface area contributed by atoms with Gasteiger partial charge in [-0.15, -0.1) is 39.6 Å². The molecule has 2 bridgehead atoms. The summed E-state index contributed by atoms with van der Waals surface area (Å²) in [6.45, 7) is 21.1. The smallest absolute Gasteiger partial charge is 0.323 e. The maximum absolute atomic E-state index is 11.3. The van der Waals surface area contributed by atoms with Crippen LogP contribution in [0.1, 0.15) is 19.3 Å². The van der Waals surface area contributed by atoms with E-state index < -0.39 is 87.3 Å². The molecule has 0 radical (unpaired) electrons. The molecule has 21 heteroatoms. The molecule has 0 unspecified atom stereocenters. The van der Waals surface area contributed by atoms with Crippen molar-refractivity contribution in [1.82, 2.24) is 31.9 Å². The Labute approximate surface area is 383 Å². The summed E-state index contributed by atoms with van der Waals surface area (Å²) in [5, 5.41) is 56.8. The van der Waals surface area contributed by atoms with Crippen LogP contribution < -0.4 is 31.9 Å². The first-order chi connectivity index (χ1) is 30.1. The first-order valence-corrected chi connectivity index (χ1v) is 30.6. The maximum atomic E-state index is 11.3. The van der Waals surface area contributed by atoms with Gasteiger partial charge in [0.15, 0.2) is 0 Å². The Morgan fingerprint density at radius 2 is 1.06 bits per heavy atom. The molecule has 4 fully saturated rings. The van der Waals surface area contributed by atoms with Crippen molar-refractivity contribution in [2.45, 2.75) is 92.0 Å². The number of carbonyl (C=O) groups is 3. The number of methoxy groups -OCH3 is 1. The number of aliphatic hydroxyl groups excluding tert-OH is 4. The van der Waals surface area contributed by atoms with Crippen LogP contribution in [-0.4, -0.2) is 202 Å². The van der Waals surface area contributed by atoms with E-state index in [4.69, 9.17) is 23.7 Å². The molecule has 0 aromatic rings.